The van der Waals surface area contributed by atoms with Gasteiger partial charge in [-0.2, -0.15) is 0 Å². The number of ether oxygens (including phenoxy) is 1. The fourth-order valence-electron chi connectivity index (χ4n) is 3.84. The molecule has 0 atom stereocenters. The predicted molar refractivity (Wildman–Crippen MR) is 112 cm³/mol. The van der Waals surface area contributed by atoms with Crippen molar-refractivity contribution in [1.29, 1.82) is 0 Å². The van der Waals surface area contributed by atoms with Gasteiger partial charge in [-0.15, -0.1) is 0 Å². The van der Waals surface area contributed by atoms with Gasteiger partial charge in [-0.05, 0) is 30.2 Å². The van der Waals surface area contributed by atoms with Crippen LogP contribution in [0.15, 0.2) is 53.7 Å². The van der Waals surface area contributed by atoms with Crippen molar-refractivity contribution >= 4 is 11.7 Å². The molecule has 1 saturated heterocycles. The van der Waals surface area contributed by atoms with Crippen molar-refractivity contribution in [2.45, 2.75) is 38.3 Å². The first-order valence-electron chi connectivity index (χ1n) is 10.0. The summed E-state index contributed by atoms with van der Waals surface area (Å²) in [4.78, 5) is 20.3. The van der Waals surface area contributed by atoms with E-state index in [2.05, 4.69) is 41.7 Å². The Morgan fingerprint density at radius 2 is 1.83 bits per heavy atom. The van der Waals surface area contributed by atoms with Crippen molar-refractivity contribution < 1.29 is 14.4 Å². The summed E-state index contributed by atoms with van der Waals surface area (Å²) < 4.78 is 5.16. The summed E-state index contributed by atoms with van der Waals surface area (Å²) in [6, 6.07) is 16.1. The monoisotopic (exact) mass is 393 g/mol. The van der Waals surface area contributed by atoms with Crippen LogP contribution in [0, 0.1) is 6.92 Å². The highest BCUT2D eigenvalue weighted by molar-refractivity contribution is 6.01. The topological polar surface area (TPSA) is 63.2 Å². The molecule has 29 heavy (non-hydrogen) atoms. The van der Waals surface area contributed by atoms with Gasteiger partial charge in [0.25, 0.3) is 0 Å². The molecule has 6 heteroatoms. The molecular formula is C23H27N3O3. The Morgan fingerprint density at radius 1 is 1.14 bits per heavy atom. The third-order valence-corrected chi connectivity index (χ3v) is 5.79. The van der Waals surface area contributed by atoms with E-state index < -0.39 is 0 Å². The zero-order chi connectivity index (χ0) is 20.3. The summed E-state index contributed by atoms with van der Waals surface area (Å²) in [7, 11) is 1.64. The first kappa shape index (κ1) is 19.3. The average Bonchev–Trinajstić information content (AvgIpc) is 3.17. The van der Waals surface area contributed by atoms with Crippen LogP contribution in [-0.2, 0) is 11.4 Å². The van der Waals surface area contributed by atoms with Gasteiger partial charge < -0.3 is 19.8 Å². The standard InChI is InChI=1S/C23H27N3O3/c1-17-3-7-19(8-4-17)21-15-23(29-25-21)11-13-26(14-12-23)22(27)24-16-18-5-9-20(28-2)10-6-18/h3-10H,11-16H2,1-2H3,(H,24,27). The summed E-state index contributed by atoms with van der Waals surface area (Å²) in [5.41, 5.74) is 4.13. The molecule has 1 N–H and O–H groups in total. The molecule has 0 unspecified atom stereocenters. The molecule has 2 aromatic carbocycles. The molecule has 1 spiro atoms. The fraction of sp³-hybridized carbons (Fsp3) is 0.391. The third kappa shape index (κ3) is 4.36. The second-order valence-corrected chi connectivity index (χ2v) is 7.85. The van der Waals surface area contributed by atoms with Gasteiger partial charge in [0.2, 0.25) is 0 Å². The molecule has 4 rings (SSSR count). The van der Waals surface area contributed by atoms with Crippen LogP contribution in [0.5, 0.6) is 5.75 Å². The number of carbonyl (C=O) groups is 1. The summed E-state index contributed by atoms with van der Waals surface area (Å²) in [5.74, 6) is 0.810. The minimum absolute atomic E-state index is 0.0339. The molecule has 6 nitrogen and oxygen atoms in total. The molecule has 0 saturated carbocycles. The minimum atomic E-state index is -0.271. The summed E-state index contributed by atoms with van der Waals surface area (Å²) in [6.07, 6.45) is 2.39. The number of piperidine rings is 1. The average molecular weight is 393 g/mol. The van der Waals surface area contributed by atoms with Crippen molar-refractivity contribution in [3.05, 3.63) is 65.2 Å². The van der Waals surface area contributed by atoms with E-state index in [0.717, 1.165) is 41.9 Å². The molecule has 0 aromatic heterocycles. The highest BCUT2D eigenvalue weighted by Gasteiger charge is 2.43. The van der Waals surface area contributed by atoms with Gasteiger partial charge in [0.15, 0.2) is 0 Å². The number of hydrogen-bond acceptors (Lipinski definition) is 4. The molecule has 2 aliphatic heterocycles. The lowest BCUT2D eigenvalue weighted by molar-refractivity contribution is -0.0550. The Kier molecular flexibility index (Phi) is 5.43. The number of rotatable bonds is 4. The van der Waals surface area contributed by atoms with E-state index >= 15 is 0 Å². The number of nitrogens with zero attached hydrogens (tertiary/aromatic N) is 2. The van der Waals surface area contributed by atoms with Crippen molar-refractivity contribution in [3.8, 4) is 5.75 Å². The van der Waals surface area contributed by atoms with E-state index in [-0.39, 0.29) is 11.6 Å². The van der Waals surface area contributed by atoms with E-state index in [9.17, 15) is 4.79 Å². The Bertz CT molecular complexity index is 883. The predicted octanol–water partition coefficient (Wildman–Crippen LogP) is 3.87. The van der Waals surface area contributed by atoms with Crippen LogP contribution >= 0.6 is 0 Å². The lowest BCUT2D eigenvalue weighted by Gasteiger charge is -2.37. The number of benzene rings is 2. The van der Waals surface area contributed by atoms with Gasteiger partial charge in [0.05, 0.1) is 12.8 Å². The molecule has 0 aliphatic carbocycles. The number of carbonyl (C=O) groups excluding carboxylic acids is 1. The molecule has 152 valence electrons. The lowest BCUT2D eigenvalue weighted by Crippen LogP contribution is -2.49. The second-order valence-electron chi connectivity index (χ2n) is 7.85. The zero-order valence-corrected chi connectivity index (χ0v) is 17.0. The molecular weight excluding hydrogens is 366 g/mol. The van der Waals surface area contributed by atoms with Crippen molar-refractivity contribution in [3.63, 3.8) is 0 Å². The van der Waals surface area contributed by atoms with E-state index in [1.54, 1.807) is 7.11 Å². The fourth-order valence-corrected chi connectivity index (χ4v) is 3.84. The first-order valence-corrected chi connectivity index (χ1v) is 10.0. The number of methoxy groups -OCH3 is 1. The van der Waals surface area contributed by atoms with E-state index in [0.29, 0.717) is 19.6 Å². The van der Waals surface area contributed by atoms with Crippen LogP contribution in [0.4, 0.5) is 4.79 Å². The van der Waals surface area contributed by atoms with Crippen molar-refractivity contribution in [2.75, 3.05) is 20.2 Å². The Morgan fingerprint density at radius 3 is 2.48 bits per heavy atom. The molecule has 2 amide bonds. The highest BCUT2D eigenvalue weighted by Crippen LogP contribution is 2.36. The summed E-state index contributed by atoms with van der Waals surface area (Å²) >= 11 is 0. The largest absolute Gasteiger partial charge is 0.497 e. The molecule has 1 fully saturated rings. The highest BCUT2D eigenvalue weighted by atomic mass is 16.7. The van der Waals surface area contributed by atoms with Crippen molar-refractivity contribution in [1.82, 2.24) is 10.2 Å². The van der Waals surface area contributed by atoms with Gasteiger partial charge in [-0.1, -0.05) is 47.1 Å². The van der Waals surface area contributed by atoms with Gasteiger partial charge >= 0.3 is 6.03 Å². The summed E-state index contributed by atoms with van der Waals surface area (Å²) in [6.45, 7) is 3.92. The van der Waals surface area contributed by atoms with Gasteiger partial charge in [-0.25, -0.2) is 4.79 Å². The van der Waals surface area contributed by atoms with Crippen LogP contribution in [0.3, 0.4) is 0 Å². The van der Waals surface area contributed by atoms with E-state index in [1.807, 2.05) is 29.2 Å². The van der Waals surface area contributed by atoms with Crippen LogP contribution in [0.1, 0.15) is 36.0 Å². The van der Waals surface area contributed by atoms with Gasteiger partial charge in [-0.3, -0.25) is 0 Å². The number of nitrogens with one attached hydrogen (secondary N) is 1. The maximum absolute atomic E-state index is 12.5. The molecule has 2 aromatic rings. The number of likely N-dealkylation sites (tertiary alicyclic amines) is 1. The number of amides is 2. The number of aryl methyl sites for hydroxylation is 1. The van der Waals surface area contributed by atoms with Crippen LogP contribution < -0.4 is 10.1 Å². The van der Waals surface area contributed by atoms with Gasteiger partial charge in [0, 0.05) is 38.9 Å². The van der Waals surface area contributed by atoms with Crippen LogP contribution in [0.2, 0.25) is 0 Å². The van der Waals surface area contributed by atoms with Crippen LogP contribution in [-0.4, -0.2) is 42.4 Å². The maximum atomic E-state index is 12.5. The molecule has 0 radical (unpaired) electrons. The number of urea groups is 1. The summed E-state index contributed by atoms with van der Waals surface area (Å²) in [5, 5.41) is 7.36. The van der Waals surface area contributed by atoms with Crippen LogP contribution in [0.25, 0.3) is 0 Å². The molecule has 0 bridgehead atoms. The molecule has 2 aliphatic rings. The lowest BCUT2D eigenvalue weighted by atomic mass is 9.85. The Balaban J connectivity index is 1.27. The quantitative estimate of drug-likeness (QED) is 0.858. The minimum Gasteiger partial charge on any atom is -0.497 e. The second kappa shape index (κ2) is 8.15. The van der Waals surface area contributed by atoms with Gasteiger partial charge in [0.1, 0.15) is 11.4 Å². The smallest absolute Gasteiger partial charge is 0.317 e. The number of oxime groups is 1. The molecule has 2 heterocycles. The zero-order valence-electron chi connectivity index (χ0n) is 17.0. The SMILES string of the molecule is COc1ccc(CNC(=O)N2CCC3(CC2)CC(c2ccc(C)cc2)=NO3)cc1. The Labute approximate surface area is 171 Å². The van der Waals surface area contributed by atoms with E-state index in [1.165, 1.54) is 5.56 Å². The Hall–Kier alpha value is -3.02. The number of hydrogen-bond donors (Lipinski definition) is 1. The van der Waals surface area contributed by atoms with E-state index in [4.69, 9.17) is 9.57 Å². The van der Waals surface area contributed by atoms with Crippen molar-refractivity contribution in [2.24, 2.45) is 5.16 Å². The maximum Gasteiger partial charge on any atom is 0.317 e. The first-order chi connectivity index (χ1) is 14.1. The third-order valence-electron chi connectivity index (χ3n) is 5.79. The normalized spacial score (nSPS) is 17.6.